The van der Waals surface area contributed by atoms with Gasteiger partial charge in [-0.2, -0.15) is 0 Å². The van der Waals surface area contributed by atoms with Crippen LogP contribution in [0.25, 0.3) is 11.0 Å². The summed E-state index contributed by atoms with van der Waals surface area (Å²) < 4.78 is 11.6. The summed E-state index contributed by atoms with van der Waals surface area (Å²) >= 11 is 0. The monoisotopic (exact) mass is 413 g/mol. The Morgan fingerprint density at radius 1 is 1.23 bits per heavy atom. The molecule has 1 saturated heterocycles. The zero-order valence-corrected chi connectivity index (χ0v) is 18.3. The molecule has 30 heavy (non-hydrogen) atoms. The summed E-state index contributed by atoms with van der Waals surface area (Å²) in [5, 5.41) is 11.6. The lowest BCUT2D eigenvalue weighted by molar-refractivity contribution is -0.149. The molecule has 2 aliphatic rings. The van der Waals surface area contributed by atoms with Gasteiger partial charge in [0.1, 0.15) is 11.3 Å². The van der Waals surface area contributed by atoms with E-state index in [-0.39, 0.29) is 17.5 Å². The Morgan fingerprint density at radius 3 is 2.77 bits per heavy atom. The lowest BCUT2D eigenvalue weighted by atomic mass is 9.71. The van der Waals surface area contributed by atoms with Crippen LogP contribution in [0, 0.1) is 26.7 Å². The van der Waals surface area contributed by atoms with Crippen molar-refractivity contribution in [1.29, 1.82) is 0 Å². The topological polar surface area (TPSA) is 80.0 Å². The largest absolute Gasteiger partial charge is 0.480 e. The van der Waals surface area contributed by atoms with E-state index in [2.05, 4.69) is 0 Å². The first-order chi connectivity index (χ1) is 14.2. The average Bonchev–Trinajstić information content (AvgIpc) is 2.70. The Labute approximate surface area is 176 Å². The lowest BCUT2D eigenvalue weighted by Gasteiger charge is -2.47. The molecule has 0 bridgehead atoms. The van der Waals surface area contributed by atoms with E-state index in [1.807, 2.05) is 30.9 Å². The number of rotatable bonds is 3. The second kappa shape index (κ2) is 7.73. The van der Waals surface area contributed by atoms with Crippen LogP contribution < -0.4 is 10.4 Å². The van der Waals surface area contributed by atoms with Gasteiger partial charge in [-0.15, -0.1) is 0 Å². The highest BCUT2D eigenvalue weighted by Gasteiger charge is 2.44. The van der Waals surface area contributed by atoms with E-state index in [4.69, 9.17) is 9.15 Å². The van der Waals surface area contributed by atoms with Gasteiger partial charge in [-0.3, -0.25) is 4.79 Å². The third-order valence-electron chi connectivity index (χ3n) is 7.05. The summed E-state index contributed by atoms with van der Waals surface area (Å²) in [6.07, 6.45) is 3.94. The second-order valence-electron chi connectivity index (χ2n) is 9.12. The first-order valence-electron chi connectivity index (χ1n) is 10.9. The smallest absolute Gasteiger partial charge is 0.339 e. The highest BCUT2D eigenvalue weighted by molar-refractivity contribution is 5.89. The molecule has 2 heterocycles. The van der Waals surface area contributed by atoms with E-state index in [0.717, 1.165) is 42.2 Å². The van der Waals surface area contributed by atoms with Gasteiger partial charge >= 0.3 is 5.63 Å². The van der Waals surface area contributed by atoms with E-state index in [1.54, 1.807) is 13.8 Å². The van der Waals surface area contributed by atoms with Gasteiger partial charge in [0.15, 0.2) is 6.10 Å². The van der Waals surface area contributed by atoms with E-state index in [0.29, 0.717) is 36.4 Å². The molecule has 1 saturated carbocycles. The number of aryl methyl sites for hydroxylation is 2. The van der Waals surface area contributed by atoms with E-state index >= 15 is 0 Å². The third-order valence-corrected chi connectivity index (χ3v) is 7.05. The number of likely N-dealkylation sites (tertiary alicyclic amines) is 1. The number of nitrogens with zero attached hydrogens (tertiary/aromatic N) is 1. The minimum absolute atomic E-state index is 0.0657. The minimum Gasteiger partial charge on any atom is -0.480 e. The fraction of sp³-hybridized carbons (Fsp3) is 0.583. The standard InChI is InChI=1S/C24H31NO5/c1-14-11-19(21-15(2)16(3)23(27)30-20(21)12-14)29-17(4)22(26)25-10-9-24(28)8-6-5-7-18(24)13-25/h11-12,17-18,28H,5-10,13H2,1-4H3/t17?,18-,24-/m0/s1. The molecule has 162 valence electrons. The maximum Gasteiger partial charge on any atom is 0.339 e. The van der Waals surface area contributed by atoms with Crippen LogP contribution in [0.1, 0.15) is 55.7 Å². The van der Waals surface area contributed by atoms with E-state index in [9.17, 15) is 14.7 Å². The Balaban J connectivity index is 1.57. The van der Waals surface area contributed by atoms with Crippen molar-refractivity contribution in [2.45, 2.75) is 71.5 Å². The molecule has 1 aliphatic heterocycles. The van der Waals surface area contributed by atoms with Gasteiger partial charge in [0.25, 0.3) is 5.91 Å². The molecule has 2 aromatic rings. The summed E-state index contributed by atoms with van der Waals surface area (Å²) in [4.78, 5) is 27.1. The van der Waals surface area contributed by atoms with Crippen molar-refractivity contribution in [3.8, 4) is 5.75 Å². The van der Waals surface area contributed by atoms with E-state index in [1.165, 1.54) is 0 Å². The molecule has 2 fully saturated rings. The van der Waals surface area contributed by atoms with Gasteiger partial charge in [0, 0.05) is 24.6 Å². The molecule has 6 heteroatoms. The van der Waals surface area contributed by atoms with Crippen LogP contribution in [0.4, 0.5) is 0 Å². The highest BCUT2D eigenvalue weighted by atomic mass is 16.5. The van der Waals surface area contributed by atoms with Gasteiger partial charge in [0.05, 0.1) is 11.0 Å². The molecule has 1 aliphatic carbocycles. The van der Waals surface area contributed by atoms with Gasteiger partial charge in [-0.25, -0.2) is 4.79 Å². The van der Waals surface area contributed by atoms with Crippen LogP contribution >= 0.6 is 0 Å². The number of aliphatic hydroxyl groups is 1. The number of benzene rings is 1. The molecular formula is C24H31NO5. The molecular weight excluding hydrogens is 382 g/mol. The maximum atomic E-state index is 13.2. The molecule has 1 aromatic carbocycles. The first kappa shape index (κ1) is 20.9. The highest BCUT2D eigenvalue weighted by Crippen LogP contribution is 2.40. The molecule has 0 radical (unpaired) electrons. The van der Waals surface area contributed by atoms with E-state index < -0.39 is 11.7 Å². The molecule has 6 nitrogen and oxygen atoms in total. The van der Waals surface area contributed by atoms with Crippen molar-refractivity contribution in [3.05, 3.63) is 39.2 Å². The second-order valence-corrected chi connectivity index (χ2v) is 9.12. The van der Waals surface area contributed by atoms with Crippen LogP contribution in [0.5, 0.6) is 5.75 Å². The van der Waals surface area contributed by atoms with Crippen LogP contribution in [-0.2, 0) is 4.79 Å². The fourth-order valence-electron chi connectivity index (χ4n) is 5.05. The summed E-state index contributed by atoms with van der Waals surface area (Å²) in [7, 11) is 0. The first-order valence-corrected chi connectivity index (χ1v) is 10.9. The van der Waals surface area contributed by atoms with Gasteiger partial charge < -0.3 is 19.2 Å². The minimum atomic E-state index is -0.670. The van der Waals surface area contributed by atoms with Crippen LogP contribution in [0.3, 0.4) is 0 Å². The molecule has 3 atom stereocenters. The molecule has 1 aromatic heterocycles. The van der Waals surface area contributed by atoms with Gasteiger partial charge in [-0.1, -0.05) is 12.8 Å². The normalized spacial score (nSPS) is 25.1. The number of ether oxygens (including phenoxy) is 1. The van der Waals surface area contributed by atoms with Crippen molar-refractivity contribution in [3.63, 3.8) is 0 Å². The summed E-state index contributed by atoms with van der Waals surface area (Å²) in [6, 6.07) is 3.70. The number of fused-ring (bicyclic) bond motifs is 2. The molecule has 0 spiro atoms. The maximum absolute atomic E-state index is 13.2. The molecule has 1 amide bonds. The summed E-state index contributed by atoms with van der Waals surface area (Å²) in [6.45, 7) is 8.42. The molecule has 1 N–H and O–H groups in total. The Morgan fingerprint density at radius 2 is 2.00 bits per heavy atom. The number of hydrogen-bond acceptors (Lipinski definition) is 5. The van der Waals surface area contributed by atoms with Gasteiger partial charge in [-0.05, 0) is 70.2 Å². The number of carbonyl (C=O) groups excluding carboxylic acids is 1. The zero-order chi connectivity index (χ0) is 21.6. The Bertz CT molecular complexity index is 1040. The van der Waals surface area contributed by atoms with Crippen molar-refractivity contribution >= 4 is 16.9 Å². The SMILES string of the molecule is Cc1cc(OC(C)C(=O)N2CC[C@@]3(O)CCCC[C@H]3C2)c2c(C)c(C)c(=O)oc2c1. The summed E-state index contributed by atoms with van der Waals surface area (Å²) in [5.41, 5.74) is 1.76. The number of amides is 1. The van der Waals surface area contributed by atoms with Gasteiger partial charge in [0.2, 0.25) is 0 Å². The lowest BCUT2D eigenvalue weighted by Crippen LogP contribution is -2.56. The van der Waals surface area contributed by atoms with Crippen LogP contribution in [0.15, 0.2) is 21.3 Å². The number of carbonyl (C=O) groups is 1. The van der Waals surface area contributed by atoms with Crippen LogP contribution in [0.2, 0.25) is 0 Å². The molecule has 1 unspecified atom stereocenters. The van der Waals surface area contributed by atoms with Crippen molar-refractivity contribution in [2.75, 3.05) is 13.1 Å². The zero-order valence-electron chi connectivity index (χ0n) is 18.3. The third kappa shape index (κ3) is 3.62. The van der Waals surface area contributed by atoms with Crippen molar-refractivity contribution in [2.24, 2.45) is 5.92 Å². The Hall–Kier alpha value is -2.34. The quantitative estimate of drug-likeness (QED) is 0.777. The van der Waals surface area contributed by atoms with Crippen molar-refractivity contribution < 1.29 is 19.1 Å². The Kier molecular flexibility index (Phi) is 5.39. The average molecular weight is 414 g/mol. The number of piperidine rings is 1. The molecule has 4 rings (SSSR count). The fourth-order valence-corrected chi connectivity index (χ4v) is 5.05. The number of hydrogen-bond donors (Lipinski definition) is 1. The predicted molar refractivity (Wildman–Crippen MR) is 115 cm³/mol. The van der Waals surface area contributed by atoms with Crippen LogP contribution in [-0.4, -0.2) is 40.7 Å². The summed E-state index contributed by atoms with van der Waals surface area (Å²) in [5.74, 6) is 0.639. The van der Waals surface area contributed by atoms with Crippen molar-refractivity contribution in [1.82, 2.24) is 4.90 Å². The predicted octanol–water partition coefficient (Wildman–Crippen LogP) is 3.64.